The summed E-state index contributed by atoms with van der Waals surface area (Å²) in [5.74, 6) is 0.774. The number of nitro benzene ring substituents is 1. The van der Waals surface area contributed by atoms with E-state index in [0.717, 1.165) is 11.1 Å². The van der Waals surface area contributed by atoms with E-state index in [0.29, 0.717) is 11.6 Å². The summed E-state index contributed by atoms with van der Waals surface area (Å²) >= 11 is 0. The molecule has 6 heteroatoms. The maximum Gasteiger partial charge on any atom is 0.273 e. The molecule has 0 aliphatic carbocycles. The fourth-order valence-electron chi connectivity index (χ4n) is 1.59. The summed E-state index contributed by atoms with van der Waals surface area (Å²) in [5.41, 5.74) is 7.10. The van der Waals surface area contributed by atoms with Gasteiger partial charge in [-0.3, -0.25) is 10.1 Å². The van der Waals surface area contributed by atoms with E-state index in [1.807, 2.05) is 6.92 Å². The smallest absolute Gasteiger partial charge is 0.273 e. The van der Waals surface area contributed by atoms with E-state index in [1.54, 1.807) is 24.4 Å². The summed E-state index contributed by atoms with van der Waals surface area (Å²) in [4.78, 5) is 14.4. The van der Waals surface area contributed by atoms with Gasteiger partial charge in [-0.15, -0.1) is 0 Å². The third-order valence-electron chi connectivity index (χ3n) is 2.66. The Hall–Kier alpha value is -2.47. The molecule has 0 saturated heterocycles. The van der Waals surface area contributed by atoms with Gasteiger partial charge in [-0.25, -0.2) is 4.98 Å². The normalized spacial score (nSPS) is 10.2. The fraction of sp³-hybridized carbons (Fsp3) is 0.154. The van der Waals surface area contributed by atoms with Crippen molar-refractivity contribution in [2.24, 2.45) is 5.73 Å². The Labute approximate surface area is 110 Å². The van der Waals surface area contributed by atoms with Crippen molar-refractivity contribution in [3.63, 3.8) is 0 Å². The number of benzene rings is 1. The zero-order valence-electron chi connectivity index (χ0n) is 10.4. The third-order valence-corrected chi connectivity index (χ3v) is 2.66. The van der Waals surface area contributed by atoms with Gasteiger partial charge in [0.1, 0.15) is 5.75 Å². The van der Waals surface area contributed by atoms with Gasteiger partial charge in [0.25, 0.3) is 5.69 Å². The summed E-state index contributed by atoms with van der Waals surface area (Å²) in [6.07, 6.45) is 1.58. The molecule has 6 nitrogen and oxygen atoms in total. The van der Waals surface area contributed by atoms with Gasteiger partial charge in [-0.05, 0) is 24.6 Å². The van der Waals surface area contributed by atoms with Crippen LogP contribution in [0.5, 0.6) is 11.6 Å². The minimum atomic E-state index is -0.464. The van der Waals surface area contributed by atoms with E-state index >= 15 is 0 Å². The number of non-ortho nitro benzene ring substituents is 1. The Morgan fingerprint density at radius 3 is 2.89 bits per heavy atom. The standard InChI is InChI=1S/C13H13N3O3/c1-9-4-5-11(16(17)18)7-12(9)19-13-10(8-14)3-2-6-15-13/h2-7H,8,14H2,1H3. The van der Waals surface area contributed by atoms with Crippen LogP contribution < -0.4 is 10.5 Å². The Morgan fingerprint density at radius 2 is 2.21 bits per heavy atom. The maximum absolute atomic E-state index is 10.8. The zero-order chi connectivity index (χ0) is 13.8. The number of hydrogen-bond donors (Lipinski definition) is 1. The van der Waals surface area contributed by atoms with Crippen molar-refractivity contribution in [1.82, 2.24) is 4.98 Å². The third kappa shape index (κ3) is 2.86. The molecule has 1 aromatic heterocycles. The molecule has 1 aromatic carbocycles. The molecule has 0 aliphatic rings. The van der Waals surface area contributed by atoms with Gasteiger partial charge in [-0.1, -0.05) is 6.07 Å². The Bertz CT molecular complexity index is 614. The molecule has 0 unspecified atom stereocenters. The van der Waals surface area contributed by atoms with Crippen molar-refractivity contribution in [2.45, 2.75) is 13.5 Å². The van der Waals surface area contributed by atoms with Crippen LogP contribution in [-0.4, -0.2) is 9.91 Å². The second kappa shape index (κ2) is 5.45. The van der Waals surface area contributed by atoms with Crippen LogP contribution >= 0.6 is 0 Å². The number of pyridine rings is 1. The monoisotopic (exact) mass is 259 g/mol. The first-order valence-corrected chi connectivity index (χ1v) is 5.68. The van der Waals surface area contributed by atoms with Crippen molar-refractivity contribution in [2.75, 3.05) is 0 Å². The number of nitrogens with two attached hydrogens (primary N) is 1. The maximum atomic E-state index is 10.8. The second-order valence-corrected chi connectivity index (χ2v) is 3.98. The van der Waals surface area contributed by atoms with Crippen LogP contribution in [0.25, 0.3) is 0 Å². The van der Waals surface area contributed by atoms with Crippen LogP contribution in [0.2, 0.25) is 0 Å². The van der Waals surface area contributed by atoms with E-state index in [1.165, 1.54) is 12.1 Å². The molecular formula is C13H13N3O3. The lowest BCUT2D eigenvalue weighted by atomic mass is 10.2. The van der Waals surface area contributed by atoms with Crippen LogP contribution in [-0.2, 0) is 6.54 Å². The highest BCUT2D eigenvalue weighted by atomic mass is 16.6. The fourth-order valence-corrected chi connectivity index (χ4v) is 1.59. The molecule has 0 aliphatic heterocycles. The molecular weight excluding hydrogens is 246 g/mol. The molecule has 1 heterocycles. The summed E-state index contributed by atoms with van der Waals surface area (Å²) < 4.78 is 5.63. The first kappa shape index (κ1) is 13.0. The highest BCUT2D eigenvalue weighted by Crippen LogP contribution is 2.29. The lowest BCUT2D eigenvalue weighted by Gasteiger charge is -2.10. The molecule has 0 fully saturated rings. The van der Waals surface area contributed by atoms with Crippen LogP contribution in [0.15, 0.2) is 36.5 Å². The first-order valence-electron chi connectivity index (χ1n) is 5.68. The summed E-state index contributed by atoms with van der Waals surface area (Å²) in [6, 6.07) is 8.01. The molecule has 0 amide bonds. The topological polar surface area (TPSA) is 91.3 Å². The van der Waals surface area contributed by atoms with Crippen LogP contribution in [0, 0.1) is 17.0 Å². The van der Waals surface area contributed by atoms with Crippen LogP contribution in [0.4, 0.5) is 5.69 Å². The average Bonchev–Trinajstić information content (AvgIpc) is 2.41. The van der Waals surface area contributed by atoms with E-state index in [-0.39, 0.29) is 12.2 Å². The molecule has 98 valence electrons. The summed E-state index contributed by atoms with van der Waals surface area (Å²) in [5, 5.41) is 10.8. The van der Waals surface area contributed by atoms with E-state index in [4.69, 9.17) is 10.5 Å². The zero-order valence-corrected chi connectivity index (χ0v) is 10.4. The number of aryl methyl sites for hydroxylation is 1. The first-order chi connectivity index (χ1) is 9.11. The molecule has 2 N–H and O–H groups in total. The second-order valence-electron chi connectivity index (χ2n) is 3.98. The average molecular weight is 259 g/mol. The number of ether oxygens (including phenoxy) is 1. The van der Waals surface area contributed by atoms with Crippen molar-refractivity contribution < 1.29 is 9.66 Å². The molecule has 2 rings (SSSR count). The summed E-state index contributed by atoms with van der Waals surface area (Å²) in [7, 11) is 0. The van der Waals surface area contributed by atoms with Gasteiger partial charge in [0, 0.05) is 24.4 Å². The highest BCUT2D eigenvalue weighted by molar-refractivity contribution is 5.45. The van der Waals surface area contributed by atoms with Crippen LogP contribution in [0.3, 0.4) is 0 Å². The minimum absolute atomic E-state index is 0.0224. The number of hydrogen-bond acceptors (Lipinski definition) is 5. The van der Waals surface area contributed by atoms with Gasteiger partial charge in [0.05, 0.1) is 11.0 Å². The van der Waals surface area contributed by atoms with Gasteiger partial charge >= 0.3 is 0 Å². The number of aromatic nitrogens is 1. The van der Waals surface area contributed by atoms with Gasteiger partial charge in [0.15, 0.2) is 0 Å². The van der Waals surface area contributed by atoms with E-state index in [2.05, 4.69) is 4.98 Å². The molecule has 0 spiro atoms. The quantitative estimate of drug-likeness (QED) is 0.673. The van der Waals surface area contributed by atoms with Crippen molar-refractivity contribution in [3.05, 3.63) is 57.8 Å². The van der Waals surface area contributed by atoms with Gasteiger partial charge < -0.3 is 10.5 Å². The Morgan fingerprint density at radius 1 is 1.42 bits per heavy atom. The van der Waals surface area contributed by atoms with Crippen molar-refractivity contribution in [1.29, 1.82) is 0 Å². The van der Waals surface area contributed by atoms with Crippen LogP contribution in [0.1, 0.15) is 11.1 Å². The van der Waals surface area contributed by atoms with Gasteiger partial charge in [0.2, 0.25) is 5.88 Å². The van der Waals surface area contributed by atoms with Crippen molar-refractivity contribution in [3.8, 4) is 11.6 Å². The molecule has 0 radical (unpaired) electrons. The number of rotatable bonds is 4. The molecule has 0 saturated carbocycles. The molecule has 19 heavy (non-hydrogen) atoms. The summed E-state index contributed by atoms with van der Waals surface area (Å²) in [6.45, 7) is 2.10. The predicted molar refractivity (Wildman–Crippen MR) is 70.0 cm³/mol. The Kier molecular flexibility index (Phi) is 3.72. The lowest BCUT2D eigenvalue weighted by molar-refractivity contribution is -0.384. The van der Waals surface area contributed by atoms with E-state index < -0.39 is 4.92 Å². The Balaban J connectivity index is 2.37. The molecule has 0 atom stereocenters. The minimum Gasteiger partial charge on any atom is -0.438 e. The largest absolute Gasteiger partial charge is 0.438 e. The highest BCUT2D eigenvalue weighted by Gasteiger charge is 2.12. The lowest BCUT2D eigenvalue weighted by Crippen LogP contribution is -2.01. The van der Waals surface area contributed by atoms with E-state index in [9.17, 15) is 10.1 Å². The molecule has 0 bridgehead atoms. The molecule has 2 aromatic rings. The number of nitrogens with zero attached hydrogens (tertiary/aromatic N) is 2. The van der Waals surface area contributed by atoms with Crippen molar-refractivity contribution >= 4 is 5.69 Å². The SMILES string of the molecule is Cc1ccc([N+](=O)[O-])cc1Oc1ncccc1CN. The predicted octanol–water partition coefficient (Wildman–Crippen LogP) is 2.55. The number of nitro groups is 1. The van der Waals surface area contributed by atoms with Gasteiger partial charge in [-0.2, -0.15) is 0 Å².